The second kappa shape index (κ2) is 13.4. The van der Waals surface area contributed by atoms with Crippen LogP contribution in [0.2, 0.25) is 0 Å². The lowest BCUT2D eigenvalue weighted by Crippen LogP contribution is -2.41. The number of aromatic nitrogens is 5. The van der Waals surface area contributed by atoms with E-state index in [1.165, 1.54) is 30.7 Å². The van der Waals surface area contributed by atoms with Crippen LogP contribution in [0.25, 0.3) is 21.8 Å². The molecule has 0 bridgehead atoms. The van der Waals surface area contributed by atoms with Crippen LogP contribution >= 0.6 is 0 Å². The number of rotatable bonds is 12. The number of hydrogen-bond donors (Lipinski definition) is 3. The Morgan fingerprint density at radius 1 is 1.12 bits per heavy atom. The predicted molar refractivity (Wildman–Crippen MR) is 181 cm³/mol. The van der Waals surface area contributed by atoms with Crippen LogP contribution in [-0.2, 0) is 16.1 Å². The molecule has 0 aliphatic carbocycles. The third-order valence-corrected chi connectivity index (χ3v) is 7.78. The maximum Gasteiger partial charge on any atom is 0.369 e. The Morgan fingerprint density at radius 3 is 2.73 bits per heavy atom. The second-order valence-corrected chi connectivity index (χ2v) is 12.1. The summed E-state index contributed by atoms with van der Waals surface area (Å²) in [6, 6.07) is 13.8. The topological polar surface area (TPSA) is 196 Å². The molecule has 4 N–H and O–H groups in total. The first-order valence-electron chi connectivity index (χ1n) is 15.1. The number of nitrogens with one attached hydrogen (secondary N) is 2. The van der Waals surface area contributed by atoms with Crippen molar-refractivity contribution in [2.45, 2.75) is 13.0 Å². The van der Waals surface area contributed by atoms with E-state index in [-0.39, 0.29) is 40.6 Å². The molecule has 15 nitrogen and oxygen atoms in total. The highest BCUT2D eigenvalue weighted by Gasteiger charge is 2.35. The van der Waals surface area contributed by atoms with Gasteiger partial charge in [0.05, 0.1) is 62.6 Å². The number of pyridine rings is 1. The number of nitro groups is 1. The van der Waals surface area contributed by atoms with Crippen molar-refractivity contribution >= 4 is 56.7 Å². The van der Waals surface area contributed by atoms with Crippen LogP contribution < -0.4 is 16.4 Å². The molecule has 16 heteroatoms. The summed E-state index contributed by atoms with van der Waals surface area (Å²) in [5, 5.41) is 23.5. The van der Waals surface area contributed by atoms with Crippen molar-refractivity contribution in [1.82, 2.24) is 24.7 Å². The van der Waals surface area contributed by atoms with Crippen molar-refractivity contribution < 1.29 is 23.4 Å². The molecule has 2 aromatic carbocycles. The number of fused-ring (bicyclic) bond motifs is 2. The number of likely N-dealkylation sites (N-methyl/N-ethyl adjacent to an activating group) is 1. The summed E-state index contributed by atoms with van der Waals surface area (Å²) in [7, 11) is 3.68. The van der Waals surface area contributed by atoms with E-state index >= 15 is 0 Å². The number of aliphatic imine (C=N–C) groups is 1. The number of hydrogen-bond acceptors (Lipinski definition) is 10. The molecule has 0 saturated carbocycles. The number of nitrogens with two attached hydrogens (primary N) is 1. The number of quaternary nitrogens is 1. The summed E-state index contributed by atoms with van der Waals surface area (Å²) in [5.41, 5.74) is 8.62. The van der Waals surface area contributed by atoms with Gasteiger partial charge in [-0.05, 0) is 58.0 Å². The molecule has 6 rings (SSSR count). The molecule has 0 unspecified atom stereocenters. The summed E-state index contributed by atoms with van der Waals surface area (Å²) in [5.74, 6) is -1.10. The van der Waals surface area contributed by atoms with E-state index in [1.54, 1.807) is 29.1 Å². The zero-order chi connectivity index (χ0) is 34.7. The van der Waals surface area contributed by atoms with E-state index in [9.17, 15) is 24.1 Å². The Kier molecular flexibility index (Phi) is 8.87. The van der Waals surface area contributed by atoms with E-state index < -0.39 is 16.7 Å². The van der Waals surface area contributed by atoms with Crippen LogP contribution in [0.5, 0.6) is 0 Å². The molecule has 1 aliphatic rings. The largest absolute Gasteiger partial charge is 0.369 e. The highest BCUT2D eigenvalue weighted by atomic mass is 19.1. The number of benzene rings is 2. The normalized spacial score (nSPS) is 13.3. The van der Waals surface area contributed by atoms with Gasteiger partial charge < -0.3 is 31.0 Å². The molecule has 248 valence electrons. The minimum absolute atomic E-state index is 0.0169. The van der Waals surface area contributed by atoms with Gasteiger partial charge in [0.2, 0.25) is 11.6 Å². The van der Waals surface area contributed by atoms with Crippen LogP contribution in [0.15, 0.2) is 95.8 Å². The summed E-state index contributed by atoms with van der Waals surface area (Å²) in [6.45, 7) is 1.01. The van der Waals surface area contributed by atoms with Gasteiger partial charge in [-0.1, -0.05) is 12.1 Å². The van der Waals surface area contributed by atoms with Gasteiger partial charge in [-0.15, -0.1) is 0 Å². The van der Waals surface area contributed by atoms with Crippen molar-refractivity contribution in [2.75, 3.05) is 37.8 Å². The number of halogens is 1. The fraction of sp³-hybridized carbons (Fsp3) is 0.182. The van der Waals surface area contributed by atoms with Crippen molar-refractivity contribution in [3.8, 4) is 0 Å². The quantitative estimate of drug-likeness (QED) is 0.0771. The predicted octanol–water partition coefficient (Wildman–Crippen LogP) is 3.69. The Bertz CT molecular complexity index is 2230. The van der Waals surface area contributed by atoms with Gasteiger partial charge in [0, 0.05) is 22.5 Å². The second-order valence-electron chi connectivity index (χ2n) is 12.1. The van der Waals surface area contributed by atoms with Crippen LogP contribution in [0, 0.1) is 15.9 Å². The van der Waals surface area contributed by atoms with Crippen molar-refractivity contribution in [3.63, 3.8) is 0 Å². The molecule has 4 heterocycles. The number of carbonyl (C=O) groups excluding carboxylic acids is 2. The molecule has 2 amide bonds. The lowest BCUT2D eigenvalue weighted by molar-refractivity contribution is -0.880. The zero-order valence-electron chi connectivity index (χ0n) is 26.5. The third-order valence-electron chi connectivity index (χ3n) is 7.78. The van der Waals surface area contributed by atoms with Crippen molar-refractivity contribution in [3.05, 3.63) is 112 Å². The van der Waals surface area contributed by atoms with Crippen LogP contribution in [-0.4, -0.2) is 78.8 Å². The number of amides is 2. The molecule has 0 fully saturated rings. The molecule has 5 aromatic rings. The Labute approximate surface area is 278 Å². The highest BCUT2D eigenvalue weighted by molar-refractivity contribution is 6.39. The van der Waals surface area contributed by atoms with Gasteiger partial charge in [-0.25, -0.2) is 19.3 Å². The van der Waals surface area contributed by atoms with Gasteiger partial charge in [-0.3, -0.25) is 14.3 Å². The van der Waals surface area contributed by atoms with Crippen LogP contribution in [0.1, 0.15) is 12.0 Å². The van der Waals surface area contributed by atoms with Crippen molar-refractivity contribution in [2.24, 2.45) is 10.7 Å². The lowest BCUT2D eigenvalue weighted by Gasteiger charge is -2.28. The number of primary amides is 1. The maximum atomic E-state index is 13.7. The molecule has 0 saturated heterocycles. The Morgan fingerprint density at radius 2 is 1.96 bits per heavy atom. The fourth-order valence-corrected chi connectivity index (χ4v) is 5.52. The molecule has 0 atom stereocenters. The number of carbonyl (C=O) groups is 2. The average Bonchev–Trinajstić information content (AvgIpc) is 3.65. The molecule has 0 spiro atoms. The van der Waals surface area contributed by atoms with E-state index in [4.69, 9.17) is 5.73 Å². The molecule has 49 heavy (non-hydrogen) atoms. The van der Waals surface area contributed by atoms with Crippen LogP contribution in [0.3, 0.4) is 0 Å². The van der Waals surface area contributed by atoms with Crippen molar-refractivity contribution in [1.29, 1.82) is 0 Å². The minimum atomic E-state index is -0.794. The molecule has 0 radical (unpaired) electrons. The first-order chi connectivity index (χ1) is 23.4. The van der Waals surface area contributed by atoms with E-state index in [0.29, 0.717) is 35.4 Å². The fourth-order valence-electron chi connectivity index (χ4n) is 5.52. The first kappa shape index (κ1) is 32.5. The van der Waals surface area contributed by atoms with E-state index in [1.807, 2.05) is 38.4 Å². The standard InChI is InChI=1S/C33H30FN11O4/c1-45(2,18-22-13-26(31(35)47)41-33(22)44(48)49)10-4-7-30(46)42-29-14-25-27(16-36-29)37-19-38-32(25)40-24-8-9-28-21(12-24)15-39-43(28)17-20-5-3-6-23(34)11-20/h3-9,11-12,14-16,19H,10,13,17-18H2,1-2H3,(H3-,35,36,37,38,40,41,42,46,47)/p+1/b7-4+. The van der Waals surface area contributed by atoms with Gasteiger partial charge in [0.25, 0.3) is 5.91 Å². The van der Waals surface area contributed by atoms with E-state index in [0.717, 1.165) is 22.2 Å². The summed E-state index contributed by atoms with van der Waals surface area (Å²) >= 11 is 0. The van der Waals surface area contributed by atoms with Gasteiger partial charge in [0.1, 0.15) is 30.3 Å². The van der Waals surface area contributed by atoms with Crippen LogP contribution in [0.4, 0.5) is 21.7 Å². The highest BCUT2D eigenvalue weighted by Crippen LogP contribution is 2.27. The summed E-state index contributed by atoms with van der Waals surface area (Å²) < 4.78 is 15.7. The number of anilines is 3. The van der Waals surface area contributed by atoms with E-state index in [2.05, 4.69) is 35.7 Å². The van der Waals surface area contributed by atoms with Gasteiger partial charge >= 0.3 is 5.82 Å². The SMILES string of the molecule is C[N+](C)(C/C=C/C(=O)Nc1cc2c(Nc3ccc4c(cnn4Cc4cccc(F)c4)c3)ncnc2cn1)CC1=C([N+](=O)[O-])N=C(C(N)=O)C1. The van der Waals surface area contributed by atoms with Gasteiger partial charge in [0.15, 0.2) is 0 Å². The Hall–Kier alpha value is -6.42. The zero-order valence-corrected chi connectivity index (χ0v) is 26.5. The van der Waals surface area contributed by atoms with Gasteiger partial charge in [-0.2, -0.15) is 5.10 Å². The lowest BCUT2D eigenvalue weighted by atomic mass is 10.1. The molecule has 1 aliphatic heterocycles. The smallest absolute Gasteiger partial charge is 0.363 e. The maximum absolute atomic E-state index is 13.7. The summed E-state index contributed by atoms with van der Waals surface area (Å²) in [6.07, 6.45) is 7.72. The third kappa shape index (κ3) is 7.60. The number of nitrogens with zero attached hydrogens (tertiary/aromatic N) is 8. The molecular weight excluding hydrogens is 633 g/mol. The Balaban J connectivity index is 1.11. The summed E-state index contributed by atoms with van der Waals surface area (Å²) in [4.78, 5) is 51.9. The average molecular weight is 665 g/mol. The molecule has 3 aromatic heterocycles. The first-order valence-corrected chi connectivity index (χ1v) is 15.1. The monoisotopic (exact) mass is 664 g/mol. The minimum Gasteiger partial charge on any atom is -0.363 e. The molecular formula is C33H31FN11O4+.